The number of fused-ring (bicyclic) bond motifs is 1. The van der Waals surface area contributed by atoms with E-state index >= 15 is 0 Å². The van der Waals surface area contributed by atoms with Crippen molar-refractivity contribution in [2.45, 2.75) is 69.6 Å². The van der Waals surface area contributed by atoms with Crippen molar-refractivity contribution in [1.82, 2.24) is 0 Å². The topological polar surface area (TPSA) is 57.5 Å². The van der Waals surface area contributed by atoms with E-state index in [2.05, 4.69) is 45.9 Å². The van der Waals surface area contributed by atoms with Gasteiger partial charge in [-0.25, -0.2) is 4.79 Å². The maximum absolute atomic E-state index is 11.0. The number of carboxylic acids is 1. The number of benzene rings is 2. The molecule has 0 saturated heterocycles. The maximum Gasteiger partial charge on any atom is 0.328 e. The molecule has 0 bridgehead atoms. The monoisotopic (exact) mass is 390 g/mol. The molecule has 152 valence electrons. The lowest BCUT2D eigenvalue weighted by atomic mass is 9.62. The average molecular weight is 391 g/mol. The second kappa shape index (κ2) is 6.48. The normalized spacial score (nSPS) is 21.0. The van der Waals surface area contributed by atoms with Crippen LogP contribution in [0.15, 0.2) is 42.5 Å². The van der Waals surface area contributed by atoms with Crippen molar-refractivity contribution in [2.75, 3.05) is 0 Å². The van der Waals surface area contributed by atoms with Gasteiger partial charge in [-0.2, -0.15) is 0 Å². The Morgan fingerprint density at radius 2 is 1.59 bits per heavy atom. The van der Waals surface area contributed by atoms with Gasteiger partial charge in [0.15, 0.2) is 0 Å². The van der Waals surface area contributed by atoms with E-state index in [0.29, 0.717) is 0 Å². The molecule has 3 heteroatoms. The van der Waals surface area contributed by atoms with E-state index in [1.54, 1.807) is 18.2 Å². The predicted molar refractivity (Wildman–Crippen MR) is 117 cm³/mol. The van der Waals surface area contributed by atoms with Crippen molar-refractivity contribution in [1.29, 1.82) is 0 Å². The Kier molecular flexibility index (Phi) is 4.41. The molecular weight excluding hydrogens is 360 g/mol. The van der Waals surface area contributed by atoms with Gasteiger partial charge in [0.05, 0.1) is 0 Å². The molecule has 2 aromatic carbocycles. The van der Waals surface area contributed by atoms with Crippen LogP contribution in [0.25, 0.3) is 6.08 Å². The highest BCUT2D eigenvalue weighted by molar-refractivity contribution is 5.86. The Labute approximate surface area is 173 Å². The highest BCUT2D eigenvalue weighted by Crippen LogP contribution is 2.58. The molecule has 0 aromatic heterocycles. The average Bonchev–Trinajstić information content (AvgIpc) is 3.45. The number of carboxylic acid groups (broad SMARTS) is 1. The molecule has 0 spiro atoms. The number of carbonyl (C=O) groups is 1. The Morgan fingerprint density at radius 1 is 0.931 bits per heavy atom. The second-order valence-corrected chi connectivity index (χ2v) is 10.0. The molecule has 2 aromatic rings. The maximum atomic E-state index is 11.0. The van der Waals surface area contributed by atoms with Gasteiger partial charge in [0.25, 0.3) is 0 Å². The molecule has 0 heterocycles. The third kappa shape index (κ3) is 3.27. The fraction of sp³-hybridized carbons (Fsp3) is 0.423. The van der Waals surface area contributed by atoms with Gasteiger partial charge in [-0.05, 0) is 70.9 Å². The molecule has 0 aliphatic heterocycles. The van der Waals surface area contributed by atoms with Crippen LogP contribution < -0.4 is 0 Å². The van der Waals surface area contributed by atoms with E-state index in [0.717, 1.165) is 36.5 Å². The van der Waals surface area contributed by atoms with Gasteiger partial charge in [0, 0.05) is 17.1 Å². The minimum absolute atomic E-state index is 0.127. The molecule has 2 aliphatic rings. The first kappa shape index (κ1) is 19.8. The van der Waals surface area contributed by atoms with Crippen LogP contribution >= 0.6 is 0 Å². The number of hydrogen-bond acceptors (Lipinski definition) is 2. The molecule has 0 amide bonds. The highest BCUT2D eigenvalue weighted by Gasteiger charge is 2.49. The summed E-state index contributed by atoms with van der Waals surface area (Å²) in [6, 6.07) is 12.2. The van der Waals surface area contributed by atoms with E-state index in [4.69, 9.17) is 5.11 Å². The van der Waals surface area contributed by atoms with E-state index in [-0.39, 0.29) is 22.0 Å². The summed E-state index contributed by atoms with van der Waals surface area (Å²) in [5.74, 6) is -0.741. The first-order valence-corrected chi connectivity index (χ1v) is 10.5. The molecule has 1 saturated carbocycles. The first-order chi connectivity index (χ1) is 13.6. The third-order valence-corrected chi connectivity index (χ3v) is 7.11. The van der Waals surface area contributed by atoms with Gasteiger partial charge in [0.2, 0.25) is 0 Å². The summed E-state index contributed by atoms with van der Waals surface area (Å²) in [6.45, 7) is 9.30. The van der Waals surface area contributed by atoms with Crippen LogP contribution in [0.5, 0.6) is 5.75 Å². The van der Waals surface area contributed by atoms with Gasteiger partial charge < -0.3 is 10.2 Å². The molecule has 1 fully saturated rings. The number of hydrogen-bond donors (Lipinski definition) is 2. The van der Waals surface area contributed by atoms with Crippen molar-refractivity contribution in [3.8, 4) is 5.75 Å². The van der Waals surface area contributed by atoms with Gasteiger partial charge in [-0.1, -0.05) is 58.0 Å². The van der Waals surface area contributed by atoms with Crippen molar-refractivity contribution >= 4 is 12.0 Å². The van der Waals surface area contributed by atoms with Crippen molar-refractivity contribution in [2.24, 2.45) is 0 Å². The summed E-state index contributed by atoms with van der Waals surface area (Å²) >= 11 is 0. The Bertz CT molecular complexity index is 1010. The lowest BCUT2D eigenvalue weighted by Gasteiger charge is -2.42. The molecule has 0 unspecified atom stereocenters. The largest absolute Gasteiger partial charge is 0.508 e. The number of rotatable bonds is 4. The third-order valence-electron chi connectivity index (χ3n) is 7.11. The number of phenols is 1. The molecule has 29 heavy (non-hydrogen) atoms. The van der Waals surface area contributed by atoms with Gasteiger partial charge >= 0.3 is 5.97 Å². The van der Waals surface area contributed by atoms with Crippen molar-refractivity contribution < 1.29 is 15.0 Å². The van der Waals surface area contributed by atoms with Gasteiger partial charge in [-0.3, -0.25) is 0 Å². The second-order valence-electron chi connectivity index (χ2n) is 10.0. The predicted octanol–water partition coefficient (Wildman–Crippen LogP) is 5.92. The summed E-state index contributed by atoms with van der Waals surface area (Å²) < 4.78 is 0. The van der Waals surface area contributed by atoms with E-state index in [1.807, 2.05) is 6.07 Å². The zero-order chi connectivity index (χ0) is 21.0. The van der Waals surface area contributed by atoms with E-state index < -0.39 is 5.97 Å². The molecule has 0 atom stereocenters. The van der Waals surface area contributed by atoms with Crippen molar-refractivity contribution in [3.63, 3.8) is 0 Å². The van der Waals surface area contributed by atoms with Gasteiger partial charge in [-0.15, -0.1) is 0 Å². The standard InChI is InChI=1S/C26H30O3/c1-24(2)12-13-25(3,4)20-16-18(9-10-19(20)24)26(14-15-26)23-17(8-11-22(28)29)6-5-7-21(23)27/h5-11,16,27H,12-15H2,1-4H3,(H,28,29)/b11-8+. The van der Waals surface area contributed by atoms with Crippen LogP contribution in [0.1, 0.15) is 81.2 Å². The van der Waals surface area contributed by atoms with Crippen LogP contribution in [0.3, 0.4) is 0 Å². The molecule has 3 nitrogen and oxygen atoms in total. The van der Waals surface area contributed by atoms with Crippen LogP contribution in [0, 0.1) is 0 Å². The van der Waals surface area contributed by atoms with Crippen LogP contribution in [-0.2, 0) is 21.0 Å². The number of aromatic hydroxyl groups is 1. The Hall–Kier alpha value is -2.55. The van der Waals surface area contributed by atoms with Crippen LogP contribution in [-0.4, -0.2) is 16.2 Å². The Balaban J connectivity index is 1.86. The smallest absolute Gasteiger partial charge is 0.328 e. The minimum Gasteiger partial charge on any atom is -0.508 e. The zero-order valence-corrected chi connectivity index (χ0v) is 17.7. The molecule has 4 rings (SSSR count). The minimum atomic E-state index is -0.984. The van der Waals surface area contributed by atoms with E-state index in [9.17, 15) is 9.90 Å². The summed E-state index contributed by atoms with van der Waals surface area (Å²) in [4.78, 5) is 11.0. The zero-order valence-electron chi connectivity index (χ0n) is 17.7. The fourth-order valence-electron chi connectivity index (χ4n) is 5.07. The van der Waals surface area contributed by atoms with Crippen LogP contribution in [0.2, 0.25) is 0 Å². The molecular formula is C26H30O3. The summed E-state index contributed by atoms with van der Waals surface area (Å²) in [7, 11) is 0. The number of phenolic OH excluding ortho intramolecular Hbond substituents is 1. The number of aliphatic carboxylic acids is 1. The van der Waals surface area contributed by atoms with E-state index in [1.165, 1.54) is 23.1 Å². The summed E-state index contributed by atoms with van der Waals surface area (Å²) in [5.41, 5.74) is 5.76. The fourth-order valence-corrected chi connectivity index (χ4v) is 5.07. The van der Waals surface area contributed by atoms with Crippen molar-refractivity contribution in [3.05, 3.63) is 70.3 Å². The Morgan fingerprint density at radius 3 is 2.21 bits per heavy atom. The molecule has 2 aliphatic carbocycles. The van der Waals surface area contributed by atoms with Crippen LogP contribution in [0.4, 0.5) is 0 Å². The molecule has 2 N–H and O–H groups in total. The SMILES string of the molecule is CC1(C)CCC(C)(C)c2cc(C3(c4c(O)cccc4/C=C/C(=O)O)CC3)ccc21. The lowest BCUT2D eigenvalue weighted by molar-refractivity contribution is -0.131. The summed E-state index contributed by atoms with van der Waals surface area (Å²) in [6.07, 6.45) is 7.01. The first-order valence-electron chi connectivity index (χ1n) is 10.5. The quantitative estimate of drug-likeness (QED) is 0.637. The highest BCUT2D eigenvalue weighted by atomic mass is 16.4. The molecule has 0 radical (unpaired) electrons. The lowest BCUT2D eigenvalue weighted by Crippen LogP contribution is -2.34. The van der Waals surface area contributed by atoms with Gasteiger partial charge in [0.1, 0.15) is 5.75 Å². The summed E-state index contributed by atoms with van der Waals surface area (Å²) in [5, 5.41) is 19.8.